The highest BCUT2D eigenvalue weighted by molar-refractivity contribution is 5.91. The lowest BCUT2D eigenvalue weighted by atomic mass is 10.1. The van der Waals surface area contributed by atoms with Crippen LogP contribution in [-0.4, -0.2) is 5.97 Å². The molecule has 0 spiro atoms. The van der Waals surface area contributed by atoms with E-state index in [1.54, 1.807) is 18.2 Å². The van der Waals surface area contributed by atoms with Gasteiger partial charge in [0.15, 0.2) is 0 Å². The van der Waals surface area contributed by atoms with Gasteiger partial charge >= 0.3 is 5.97 Å². The Bertz CT molecular complexity index is 678. The molecular weight excluding hydrogens is 262 g/mol. The van der Waals surface area contributed by atoms with E-state index >= 15 is 0 Å². The molecule has 0 aliphatic carbocycles. The molecule has 0 aliphatic rings. The molecule has 0 atom stereocenters. The lowest BCUT2D eigenvalue weighted by Crippen LogP contribution is -2.14. The number of hydrogen-bond donors (Lipinski definition) is 0. The summed E-state index contributed by atoms with van der Waals surface area (Å²) in [6.45, 7) is 5.24. The van der Waals surface area contributed by atoms with Gasteiger partial charge in [0.05, 0.1) is 0 Å². The fourth-order valence-electron chi connectivity index (χ4n) is 1.78. The van der Waals surface area contributed by atoms with Crippen molar-refractivity contribution in [2.75, 3.05) is 0 Å². The Morgan fingerprint density at radius 3 is 2.25 bits per heavy atom. The monoisotopic (exact) mass is 276 g/mol. The fraction of sp³-hybridized carbons (Fsp3) is 0.188. The molecule has 0 N–H and O–H groups in total. The molecule has 0 bridgehead atoms. The zero-order valence-corrected chi connectivity index (χ0v) is 11.5. The highest BCUT2D eigenvalue weighted by Crippen LogP contribution is 2.21. The van der Waals surface area contributed by atoms with Crippen LogP contribution in [0, 0.1) is 32.4 Å². The maximum atomic E-state index is 13.8. The molecule has 0 fully saturated rings. The number of carbonyl (C=O) groups excluding carboxylic acids is 1. The van der Waals surface area contributed by atoms with Crippen LogP contribution in [0.4, 0.5) is 8.78 Å². The van der Waals surface area contributed by atoms with E-state index < -0.39 is 23.2 Å². The fourth-order valence-corrected chi connectivity index (χ4v) is 1.78. The Morgan fingerprint density at radius 2 is 1.60 bits per heavy atom. The van der Waals surface area contributed by atoms with Crippen LogP contribution < -0.4 is 4.74 Å². The SMILES string of the molecule is Cc1ccc(OC(=O)c2c(F)ccc(C)c2F)cc1C. The summed E-state index contributed by atoms with van der Waals surface area (Å²) in [5.41, 5.74) is 1.50. The van der Waals surface area contributed by atoms with Crippen molar-refractivity contribution in [1.29, 1.82) is 0 Å². The van der Waals surface area contributed by atoms with E-state index in [9.17, 15) is 13.6 Å². The molecule has 104 valence electrons. The summed E-state index contributed by atoms with van der Waals surface area (Å²) >= 11 is 0. The molecule has 0 heterocycles. The first-order chi connectivity index (χ1) is 9.40. The predicted molar refractivity (Wildman–Crippen MR) is 72.0 cm³/mol. The van der Waals surface area contributed by atoms with Gasteiger partial charge in [-0.05, 0) is 55.7 Å². The number of ether oxygens (including phenoxy) is 1. The minimum atomic E-state index is -1.04. The topological polar surface area (TPSA) is 26.3 Å². The van der Waals surface area contributed by atoms with Gasteiger partial charge in [0.25, 0.3) is 0 Å². The van der Waals surface area contributed by atoms with E-state index in [0.717, 1.165) is 17.2 Å². The van der Waals surface area contributed by atoms with Crippen LogP contribution in [0.1, 0.15) is 27.0 Å². The third kappa shape index (κ3) is 2.69. The highest BCUT2D eigenvalue weighted by atomic mass is 19.1. The van der Waals surface area contributed by atoms with Crippen molar-refractivity contribution in [2.24, 2.45) is 0 Å². The first-order valence-electron chi connectivity index (χ1n) is 6.14. The van der Waals surface area contributed by atoms with E-state index in [-0.39, 0.29) is 11.3 Å². The summed E-state index contributed by atoms with van der Waals surface area (Å²) in [6, 6.07) is 7.35. The molecule has 20 heavy (non-hydrogen) atoms. The summed E-state index contributed by atoms with van der Waals surface area (Å²) in [6.07, 6.45) is 0. The van der Waals surface area contributed by atoms with Gasteiger partial charge in [-0.2, -0.15) is 0 Å². The van der Waals surface area contributed by atoms with Crippen molar-refractivity contribution in [3.05, 3.63) is 64.2 Å². The molecule has 2 aromatic carbocycles. The molecule has 0 saturated carbocycles. The summed E-state index contributed by atoms with van der Waals surface area (Å²) < 4.78 is 32.4. The number of benzene rings is 2. The Kier molecular flexibility index (Phi) is 3.84. The third-order valence-corrected chi connectivity index (χ3v) is 3.18. The Morgan fingerprint density at radius 1 is 0.950 bits per heavy atom. The van der Waals surface area contributed by atoms with Crippen LogP contribution in [-0.2, 0) is 0 Å². The first kappa shape index (κ1) is 14.2. The molecule has 0 aromatic heterocycles. The zero-order chi connectivity index (χ0) is 14.9. The summed E-state index contributed by atoms with van der Waals surface area (Å²) in [5, 5.41) is 0. The largest absolute Gasteiger partial charge is 0.423 e. The average Bonchev–Trinajstić information content (AvgIpc) is 2.39. The number of halogens is 2. The Balaban J connectivity index is 2.33. The maximum Gasteiger partial charge on any atom is 0.349 e. The van der Waals surface area contributed by atoms with E-state index in [1.165, 1.54) is 13.0 Å². The lowest BCUT2D eigenvalue weighted by Gasteiger charge is -2.09. The van der Waals surface area contributed by atoms with E-state index in [4.69, 9.17) is 4.74 Å². The van der Waals surface area contributed by atoms with Crippen LogP contribution in [0.3, 0.4) is 0 Å². The molecule has 0 unspecified atom stereocenters. The van der Waals surface area contributed by atoms with Crippen molar-refractivity contribution in [1.82, 2.24) is 0 Å². The number of hydrogen-bond acceptors (Lipinski definition) is 2. The van der Waals surface area contributed by atoms with Gasteiger partial charge in [0, 0.05) is 0 Å². The van der Waals surface area contributed by atoms with Crippen LogP contribution in [0.5, 0.6) is 5.75 Å². The molecule has 2 nitrogen and oxygen atoms in total. The quantitative estimate of drug-likeness (QED) is 0.609. The molecule has 2 aromatic rings. The van der Waals surface area contributed by atoms with Crippen molar-refractivity contribution >= 4 is 5.97 Å². The third-order valence-electron chi connectivity index (χ3n) is 3.18. The predicted octanol–water partition coefficient (Wildman–Crippen LogP) is 4.11. The molecule has 0 aliphatic heterocycles. The van der Waals surface area contributed by atoms with Gasteiger partial charge in [-0.15, -0.1) is 0 Å². The maximum absolute atomic E-state index is 13.8. The highest BCUT2D eigenvalue weighted by Gasteiger charge is 2.21. The van der Waals surface area contributed by atoms with E-state index in [0.29, 0.717) is 0 Å². The average molecular weight is 276 g/mol. The minimum Gasteiger partial charge on any atom is -0.423 e. The molecular formula is C16H14F2O2. The summed E-state index contributed by atoms with van der Waals surface area (Å²) in [7, 11) is 0. The summed E-state index contributed by atoms with van der Waals surface area (Å²) in [4.78, 5) is 11.9. The molecule has 2 rings (SSSR count). The van der Waals surface area contributed by atoms with E-state index in [1.807, 2.05) is 13.8 Å². The normalized spacial score (nSPS) is 10.4. The second-order valence-corrected chi connectivity index (χ2v) is 4.69. The number of carbonyl (C=O) groups is 1. The second-order valence-electron chi connectivity index (χ2n) is 4.69. The van der Waals surface area contributed by atoms with E-state index in [2.05, 4.69) is 0 Å². The van der Waals surface area contributed by atoms with Crippen molar-refractivity contribution in [2.45, 2.75) is 20.8 Å². The lowest BCUT2D eigenvalue weighted by molar-refractivity contribution is 0.0724. The molecule has 0 amide bonds. The second kappa shape index (κ2) is 5.41. The van der Waals surface area contributed by atoms with Crippen LogP contribution in [0.25, 0.3) is 0 Å². The zero-order valence-electron chi connectivity index (χ0n) is 11.5. The minimum absolute atomic E-state index is 0.193. The van der Waals surface area contributed by atoms with Gasteiger partial charge in [0.2, 0.25) is 0 Å². The Hall–Kier alpha value is -2.23. The standard InChI is InChI=1S/C16H14F2O2/c1-9-4-6-12(8-11(9)3)20-16(19)14-13(17)7-5-10(2)15(14)18/h4-8H,1-3H3. The Labute approximate surface area is 116 Å². The van der Waals surface area contributed by atoms with Crippen LogP contribution in [0.2, 0.25) is 0 Å². The van der Waals surface area contributed by atoms with Crippen LogP contribution in [0.15, 0.2) is 30.3 Å². The first-order valence-corrected chi connectivity index (χ1v) is 6.14. The smallest absolute Gasteiger partial charge is 0.349 e. The van der Waals surface area contributed by atoms with Crippen LogP contribution >= 0.6 is 0 Å². The number of rotatable bonds is 2. The number of esters is 1. The van der Waals surface area contributed by atoms with Gasteiger partial charge in [-0.25, -0.2) is 13.6 Å². The van der Waals surface area contributed by atoms with Crippen molar-refractivity contribution in [3.8, 4) is 5.75 Å². The molecule has 0 radical (unpaired) electrons. The van der Waals surface area contributed by atoms with Gasteiger partial charge in [0.1, 0.15) is 22.9 Å². The van der Waals surface area contributed by atoms with Gasteiger partial charge in [-0.3, -0.25) is 0 Å². The van der Waals surface area contributed by atoms with Gasteiger partial charge in [-0.1, -0.05) is 12.1 Å². The summed E-state index contributed by atoms with van der Waals surface area (Å²) in [5.74, 6) is -2.59. The van der Waals surface area contributed by atoms with Crippen molar-refractivity contribution < 1.29 is 18.3 Å². The molecule has 4 heteroatoms. The number of aryl methyl sites for hydroxylation is 3. The molecule has 0 saturated heterocycles. The van der Waals surface area contributed by atoms with Crippen molar-refractivity contribution in [3.63, 3.8) is 0 Å². The van der Waals surface area contributed by atoms with Gasteiger partial charge < -0.3 is 4.74 Å².